The SMILES string of the molecule is O=C(C=Cc1ccccc1)Nc1ccc2c(c1)CNCC2. The Balaban J connectivity index is 1.66. The molecule has 0 unspecified atom stereocenters. The summed E-state index contributed by atoms with van der Waals surface area (Å²) in [6, 6.07) is 15.9. The minimum Gasteiger partial charge on any atom is -0.323 e. The Morgan fingerprint density at radius 2 is 1.95 bits per heavy atom. The zero-order valence-electron chi connectivity index (χ0n) is 11.8. The van der Waals surface area contributed by atoms with Crippen molar-refractivity contribution in [1.29, 1.82) is 0 Å². The second-order valence-electron chi connectivity index (χ2n) is 5.14. The Labute approximate surface area is 124 Å². The summed E-state index contributed by atoms with van der Waals surface area (Å²) in [5, 5.41) is 6.25. The molecule has 2 aromatic rings. The Hall–Kier alpha value is -2.39. The van der Waals surface area contributed by atoms with E-state index in [2.05, 4.69) is 22.8 Å². The summed E-state index contributed by atoms with van der Waals surface area (Å²) in [4.78, 5) is 11.9. The van der Waals surface area contributed by atoms with Crippen molar-refractivity contribution in [1.82, 2.24) is 5.32 Å². The highest BCUT2D eigenvalue weighted by atomic mass is 16.1. The van der Waals surface area contributed by atoms with E-state index in [1.807, 2.05) is 42.5 Å². The van der Waals surface area contributed by atoms with E-state index in [4.69, 9.17) is 0 Å². The molecule has 2 N–H and O–H groups in total. The molecule has 1 heterocycles. The lowest BCUT2D eigenvalue weighted by molar-refractivity contribution is -0.111. The van der Waals surface area contributed by atoms with Crippen LogP contribution >= 0.6 is 0 Å². The molecule has 3 heteroatoms. The second kappa shape index (κ2) is 6.37. The summed E-state index contributed by atoms with van der Waals surface area (Å²) in [7, 11) is 0. The second-order valence-corrected chi connectivity index (χ2v) is 5.14. The predicted octanol–water partition coefficient (Wildman–Crippen LogP) is 2.98. The summed E-state index contributed by atoms with van der Waals surface area (Å²) in [6.45, 7) is 1.90. The Morgan fingerprint density at radius 3 is 2.81 bits per heavy atom. The zero-order valence-corrected chi connectivity index (χ0v) is 11.8. The largest absolute Gasteiger partial charge is 0.323 e. The molecule has 0 bridgehead atoms. The van der Waals surface area contributed by atoms with Gasteiger partial charge in [0.2, 0.25) is 5.91 Å². The molecule has 0 saturated heterocycles. The minimum absolute atomic E-state index is 0.109. The van der Waals surface area contributed by atoms with Gasteiger partial charge in [-0.05, 0) is 47.9 Å². The van der Waals surface area contributed by atoms with Crippen molar-refractivity contribution in [3.05, 3.63) is 71.3 Å². The highest BCUT2D eigenvalue weighted by Gasteiger charge is 2.09. The maximum absolute atomic E-state index is 11.9. The van der Waals surface area contributed by atoms with Crippen LogP contribution in [0, 0.1) is 0 Å². The molecule has 1 aliphatic heterocycles. The molecular weight excluding hydrogens is 260 g/mol. The molecule has 0 aliphatic carbocycles. The van der Waals surface area contributed by atoms with Gasteiger partial charge in [-0.25, -0.2) is 0 Å². The molecule has 0 radical (unpaired) electrons. The standard InChI is InChI=1S/C18H18N2O/c21-18(9-6-14-4-2-1-3-5-14)20-17-8-7-15-10-11-19-13-16(15)12-17/h1-9,12,19H,10-11,13H2,(H,20,21). The van der Waals surface area contributed by atoms with Crippen LogP contribution in [-0.2, 0) is 17.8 Å². The number of hydrogen-bond acceptors (Lipinski definition) is 2. The van der Waals surface area contributed by atoms with Gasteiger partial charge in [0.1, 0.15) is 0 Å². The molecular formula is C18H18N2O. The molecule has 21 heavy (non-hydrogen) atoms. The number of carbonyl (C=O) groups excluding carboxylic acids is 1. The quantitative estimate of drug-likeness (QED) is 0.847. The lowest BCUT2D eigenvalue weighted by Crippen LogP contribution is -2.23. The number of nitrogens with one attached hydrogen (secondary N) is 2. The van der Waals surface area contributed by atoms with E-state index in [0.717, 1.165) is 30.8 Å². The first-order chi connectivity index (χ1) is 10.3. The van der Waals surface area contributed by atoms with Crippen LogP contribution < -0.4 is 10.6 Å². The van der Waals surface area contributed by atoms with Gasteiger partial charge < -0.3 is 10.6 Å². The van der Waals surface area contributed by atoms with E-state index in [0.29, 0.717) is 0 Å². The fourth-order valence-electron chi connectivity index (χ4n) is 2.48. The fourth-order valence-corrected chi connectivity index (χ4v) is 2.48. The van der Waals surface area contributed by atoms with Gasteiger partial charge in [-0.3, -0.25) is 4.79 Å². The van der Waals surface area contributed by atoms with E-state index in [9.17, 15) is 4.79 Å². The molecule has 0 saturated carbocycles. The van der Waals surface area contributed by atoms with Crippen molar-refractivity contribution in [3.63, 3.8) is 0 Å². The molecule has 1 amide bonds. The van der Waals surface area contributed by atoms with Crippen LogP contribution in [0.2, 0.25) is 0 Å². The first-order valence-corrected chi connectivity index (χ1v) is 7.18. The van der Waals surface area contributed by atoms with E-state index >= 15 is 0 Å². The third-order valence-corrected chi connectivity index (χ3v) is 3.59. The molecule has 106 valence electrons. The van der Waals surface area contributed by atoms with Gasteiger partial charge in [0.15, 0.2) is 0 Å². The van der Waals surface area contributed by atoms with Gasteiger partial charge in [-0.15, -0.1) is 0 Å². The fraction of sp³-hybridized carbons (Fsp3) is 0.167. The highest BCUT2D eigenvalue weighted by molar-refractivity contribution is 6.01. The molecule has 0 spiro atoms. The van der Waals surface area contributed by atoms with E-state index in [1.165, 1.54) is 11.1 Å². The van der Waals surface area contributed by atoms with Crippen LogP contribution in [0.25, 0.3) is 6.08 Å². The van der Waals surface area contributed by atoms with Crippen molar-refractivity contribution >= 4 is 17.7 Å². The number of anilines is 1. The Bertz CT molecular complexity index is 662. The number of carbonyl (C=O) groups is 1. The third-order valence-electron chi connectivity index (χ3n) is 3.59. The van der Waals surface area contributed by atoms with Crippen LogP contribution in [0.15, 0.2) is 54.6 Å². The summed E-state index contributed by atoms with van der Waals surface area (Å²) in [5.41, 5.74) is 4.50. The monoisotopic (exact) mass is 278 g/mol. The maximum atomic E-state index is 11.9. The number of benzene rings is 2. The average molecular weight is 278 g/mol. The van der Waals surface area contributed by atoms with Crippen molar-refractivity contribution in [2.45, 2.75) is 13.0 Å². The van der Waals surface area contributed by atoms with Gasteiger partial charge in [0, 0.05) is 18.3 Å². The lowest BCUT2D eigenvalue weighted by atomic mass is 10.0. The molecule has 1 aliphatic rings. The number of rotatable bonds is 3. The average Bonchev–Trinajstić information content (AvgIpc) is 2.54. The number of amides is 1. The van der Waals surface area contributed by atoms with E-state index < -0.39 is 0 Å². The van der Waals surface area contributed by atoms with E-state index in [-0.39, 0.29) is 5.91 Å². The molecule has 0 atom stereocenters. The number of hydrogen-bond donors (Lipinski definition) is 2. The normalized spacial score (nSPS) is 13.9. The third kappa shape index (κ3) is 3.58. The smallest absolute Gasteiger partial charge is 0.248 e. The first-order valence-electron chi connectivity index (χ1n) is 7.18. The summed E-state index contributed by atoms with van der Waals surface area (Å²) in [5.74, 6) is -0.109. The van der Waals surface area contributed by atoms with Crippen LogP contribution in [0.5, 0.6) is 0 Å². The molecule has 2 aromatic carbocycles. The summed E-state index contributed by atoms with van der Waals surface area (Å²) >= 11 is 0. The highest BCUT2D eigenvalue weighted by Crippen LogP contribution is 2.19. The molecule has 3 nitrogen and oxygen atoms in total. The van der Waals surface area contributed by atoms with Gasteiger partial charge in [-0.2, -0.15) is 0 Å². The molecule has 0 fully saturated rings. The van der Waals surface area contributed by atoms with Gasteiger partial charge >= 0.3 is 0 Å². The Morgan fingerprint density at radius 1 is 1.10 bits per heavy atom. The van der Waals surface area contributed by atoms with Crippen LogP contribution in [-0.4, -0.2) is 12.5 Å². The summed E-state index contributed by atoms with van der Waals surface area (Å²) < 4.78 is 0. The van der Waals surface area contributed by atoms with E-state index in [1.54, 1.807) is 6.08 Å². The van der Waals surface area contributed by atoms with Gasteiger partial charge in [0.05, 0.1) is 0 Å². The lowest BCUT2D eigenvalue weighted by Gasteiger charge is -2.17. The van der Waals surface area contributed by atoms with Crippen molar-refractivity contribution in [2.75, 3.05) is 11.9 Å². The minimum atomic E-state index is -0.109. The molecule has 0 aromatic heterocycles. The van der Waals surface area contributed by atoms with Crippen LogP contribution in [0.1, 0.15) is 16.7 Å². The van der Waals surface area contributed by atoms with Gasteiger partial charge in [-0.1, -0.05) is 36.4 Å². The van der Waals surface area contributed by atoms with Crippen LogP contribution in [0.4, 0.5) is 5.69 Å². The van der Waals surface area contributed by atoms with Crippen molar-refractivity contribution < 1.29 is 4.79 Å². The van der Waals surface area contributed by atoms with Gasteiger partial charge in [0.25, 0.3) is 0 Å². The summed E-state index contributed by atoms with van der Waals surface area (Å²) in [6.07, 6.45) is 4.43. The van der Waals surface area contributed by atoms with Crippen molar-refractivity contribution in [2.24, 2.45) is 0 Å². The first kappa shape index (κ1) is 13.6. The topological polar surface area (TPSA) is 41.1 Å². The predicted molar refractivity (Wildman–Crippen MR) is 86.0 cm³/mol. The molecule has 3 rings (SSSR count). The maximum Gasteiger partial charge on any atom is 0.248 e. The van der Waals surface area contributed by atoms with Crippen LogP contribution in [0.3, 0.4) is 0 Å². The van der Waals surface area contributed by atoms with Crippen molar-refractivity contribution in [3.8, 4) is 0 Å². The number of fused-ring (bicyclic) bond motifs is 1. The Kier molecular flexibility index (Phi) is 4.12. The zero-order chi connectivity index (χ0) is 14.5.